The van der Waals surface area contributed by atoms with Gasteiger partial charge in [-0.1, -0.05) is 56.7 Å². The highest BCUT2D eigenvalue weighted by Gasteiger charge is 2.27. The van der Waals surface area contributed by atoms with Crippen LogP contribution in [0.2, 0.25) is 0 Å². The summed E-state index contributed by atoms with van der Waals surface area (Å²) in [5, 5.41) is 18.8. The van der Waals surface area contributed by atoms with Crippen LogP contribution in [0, 0.1) is 12.8 Å². The minimum atomic E-state index is -0.392. The Balaban J connectivity index is 1.79. The molecule has 0 fully saturated rings. The third-order valence-electron chi connectivity index (χ3n) is 4.22. The summed E-state index contributed by atoms with van der Waals surface area (Å²) in [6, 6.07) is 9.78. The van der Waals surface area contributed by atoms with E-state index in [0.29, 0.717) is 22.7 Å². The average molecular weight is 401 g/mol. The van der Waals surface area contributed by atoms with Gasteiger partial charge in [0.25, 0.3) is 0 Å². The fourth-order valence-corrected chi connectivity index (χ4v) is 3.63. The number of tetrazole rings is 1. The molecule has 8 nitrogen and oxygen atoms in total. The minimum absolute atomic E-state index is 0.0615. The maximum atomic E-state index is 12.8. The summed E-state index contributed by atoms with van der Waals surface area (Å²) in [4.78, 5) is 12.8. The second-order valence-electron chi connectivity index (χ2n) is 7.21. The van der Waals surface area contributed by atoms with Crippen LogP contribution in [-0.4, -0.2) is 36.5 Å². The zero-order chi connectivity index (χ0) is 20.3. The van der Waals surface area contributed by atoms with Crippen molar-refractivity contribution in [2.75, 3.05) is 5.32 Å². The number of aryl methyl sites for hydroxylation is 1. The lowest BCUT2D eigenvalue weighted by molar-refractivity contribution is -0.116. The van der Waals surface area contributed by atoms with Gasteiger partial charge in [-0.15, -0.1) is 5.10 Å². The quantitative estimate of drug-likeness (QED) is 0.602. The summed E-state index contributed by atoms with van der Waals surface area (Å²) in [6.07, 6.45) is 0. The van der Waals surface area contributed by atoms with Crippen molar-refractivity contribution < 1.29 is 9.32 Å². The molecule has 1 amide bonds. The largest absolute Gasteiger partial charge is 0.360 e. The van der Waals surface area contributed by atoms with Crippen LogP contribution in [0.1, 0.15) is 44.9 Å². The van der Waals surface area contributed by atoms with Crippen LogP contribution in [0.3, 0.4) is 0 Å². The number of amides is 1. The zero-order valence-electron chi connectivity index (χ0n) is 16.6. The van der Waals surface area contributed by atoms with E-state index >= 15 is 0 Å². The molecule has 1 N–H and O–H groups in total. The molecule has 1 aromatic carbocycles. The van der Waals surface area contributed by atoms with E-state index in [9.17, 15) is 4.79 Å². The Kier molecular flexibility index (Phi) is 6.13. The molecule has 0 bridgehead atoms. The summed E-state index contributed by atoms with van der Waals surface area (Å²) >= 11 is 1.33. The van der Waals surface area contributed by atoms with Crippen LogP contribution in [0.25, 0.3) is 5.69 Å². The van der Waals surface area contributed by atoms with E-state index in [2.05, 4.69) is 52.0 Å². The van der Waals surface area contributed by atoms with Gasteiger partial charge in [0.05, 0.1) is 10.9 Å². The van der Waals surface area contributed by atoms with Crippen molar-refractivity contribution in [1.82, 2.24) is 25.4 Å². The molecule has 3 aromatic rings. The predicted octanol–water partition coefficient (Wildman–Crippen LogP) is 3.84. The van der Waals surface area contributed by atoms with E-state index in [-0.39, 0.29) is 11.8 Å². The van der Waals surface area contributed by atoms with E-state index < -0.39 is 5.25 Å². The standard InChI is InChI=1S/C19H24N6O2S/c1-11(2)14-6-8-15(9-7-14)25-19(21-23-24-25)28-17(12(3)4)18(26)20-16-10-13(5)27-22-16/h6-12,17H,1-5H3,(H,20,22,26). The topological polar surface area (TPSA) is 98.7 Å². The smallest absolute Gasteiger partial charge is 0.239 e. The number of nitrogens with zero attached hydrogens (tertiary/aromatic N) is 5. The highest BCUT2D eigenvalue weighted by atomic mass is 32.2. The lowest BCUT2D eigenvalue weighted by Crippen LogP contribution is -2.30. The molecule has 1 atom stereocenters. The molecule has 0 aliphatic rings. The maximum Gasteiger partial charge on any atom is 0.239 e. The molecule has 28 heavy (non-hydrogen) atoms. The number of aromatic nitrogens is 5. The fraction of sp³-hybridized carbons (Fsp3) is 0.421. The molecule has 0 saturated heterocycles. The Hall–Kier alpha value is -2.68. The molecule has 0 spiro atoms. The third kappa shape index (κ3) is 4.59. The average Bonchev–Trinajstić information content (AvgIpc) is 3.28. The Morgan fingerprint density at radius 1 is 1.18 bits per heavy atom. The van der Waals surface area contributed by atoms with Gasteiger partial charge in [0, 0.05) is 6.07 Å². The second-order valence-corrected chi connectivity index (χ2v) is 8.32. The second kappa shape index (κ2) is 8.55. The van der Waals surface area contributed by atoms with Crippen molar-refractivity contribution in [1.29, 1.82) is 0 Å². The van der Waals surface area contributed by atoms with Crippen molar-refractivity contribution >= 4 is 23.5 Å². The van der Waals surface area contributed by atoms with Gasteiger partial charge in [0.2, 0.25) is 11.1 Å². The van der Waals surface area contributed by atoms with Crippen LogP contribution in [0.4, 0.5) is 5.82 Å². The molecule has 2 heterocycles. The molecular formula is C19H24N6O2S. The highest BCUT2D eigenvalue weighted by molar-refractivity contribution is 8.00. The van der Waals surface area contributed by atoms with Crippen LogP contribution in [-0.2, 0) is 4.79 Å². The number of carbonyl (C=O) groups excluding carboxylic acids is 1. The molecule has 9 heteroatoms. The number of nitrogens with one attached hydrogen (secondary N) is 1. The van der Waals surface area contributed by atoms with Gasteiger partial charge in [0.1, 0.15) is 5.76 Å². The molecule has 1 unspecified atom stereocenters. The molecule has 3 rings (SSSR count). The maximum absolute atomic E-state index is 12.8. The summed E-state index contributed by atoms with van der Waals surface area (Å²) in [5.41, 5.74) is 2.10. The molecule has 0 aliphatic heterocycles. The molecule has 148 valence electrons. The van der Waals surface area contributed by atoms with Gasteiger partial charge in [-0.05, 0) is 46.9 Å². The number of hydrogen-bond donors (Lipinski definition) is 1. The number of thioether (sulfide) groups is 1. The van der Waals surface area contributed by atoms with Crippen LogP contribution >= 0.6 is 11.8 Å². The van der Waals surface area contributed by atoms with E-state index in [1.807, 2.05) is 26.0 Å². The first-order chi connectivity index (χ1) is 13.3. The SMILES string of the molecule is Cc1cc(NC(=O)C(Sc2nnnn2-c2ccc(C(C)C)cc2)C(C)C)no1. The minimum Gasteiger partial charge on any atom is -0.360 e. The van der Waals surface area contributed by atoms with Crippen molar-refractivity contribution in [2.24, 2.45) is 5.92 Å². The molecular weight excluding hydrogens is 376 g/mol. The van der Waals surface area contributed by atoms with Gasteiger partial charge in [-0.2, -0.15) is 4.68 Å². The van der Waals surface area contributed by atoms with Gasteiger partial charge in [-0.3, -0.25) is 4.79 Å². The summed E-state index contributed by atoms with van der Waals surface area (Å²) in [7, 11) is 0. The zero-order valence-corrected chi connectivity index (χ0v) is 17.4. The number of rotatable bonds is 7. The van der Waals surface area contributed by atoms with Gasteiger partial charge in [-0.25, -0.2) is 0 Å². The van der Waals surface area contributed by atoms with Crippen molar-refractivity contribution in [2.45, 2.75) is 50.9 Å². The number of anilines is 1. The van der Waals surface area contributed by atoms with Crippen LogP contribution < -0.4 is 5.32 Å². The Morgan fingerprint density at radius 2 is 1.89 bits per heavy atom. The molecule has 2 aromatic heterocycles. The van der Waals surface area contributed by atoms with Crippen molar-refractivity contribution in [3.8, 4) is 5.69 Å². The van der Waals surface area contributed by atoms with Crippen molar-refractivity contribution in [3.63, 3.8) is 0 Å². The fourth-order valence-electron chi connectivity index (χ4n) is 2.64. The predicted molar refractivity (Wildman–Crippen MR) is 108 cm³/mol. The number of benzene rings is 1. The van der Waals surface area contributed by atoms with E-state index in [1.54, 1.807) is 17.7 Å². The van der Waals surface area contributed by atoms with E-state index in [1.165, 1.54) is 17.3 Å². The van der Waals surface area contributed by atoms with E-state index in [4.69, 9.17) is 4.52 Å². The Labute approximate surface area is 168 Å². The Morgan fingerprint density at radius 3 is 2.46 bits per heavy atom. The van der Waals surface area contributed by atoms with Gasteiger partial charge in [0.15, 0.2) is 5.82 Å². The first-order valence-corrected chi connectivity index (χ1v) is 10.0. The number of carbonyl (C=O) groups is 1. The highest BCUT2D eigenvalue weighted by Crippen LogP contribution is 2.29. The Bertz CT molecular complexity index is 932. The number of hydrogen-bond acceptors (Lipinski definition) is 7. The molecule has 0 saturated carbocycles. The van der Waals surface area contributed by atoms with Gasteiger partial charge >= 0.3 is 0 Å². The first-order valence-electron chi connectivity index (χ1n) is 9.14. The lowest BCUT2D eigenvalue weighted by atomic mass is 10.0. The summed E-state index contributed by atoms with van der Waals surface area (Å²) in [5.74, 6) is 1.38. The first kappa shape index (κ1) is 20.1. The monoisotopic (exact) mass is 400 g/mol. The van der Waals surface area contributed by atoms with Crippen LogP contribution in [0.15, 0.2) is 40.0 Å². The molecule has 0 aliphatic carbocycles. The van der Waals surface area contributed by atoms with Crippen molar-refractivity contribution in [3.05, 3.63) is 41.7 Å². The summed E-state index contributed by atoms with van der Waals surface area (Å²) < 4.78 is 6.66. The van der Waals surface area contributed by atoms with Crippen LogP contribution in [0.5, 0.6) is 0 Å². The lowest BCUT2D eigenvalue weighted by Gasteiger charge is -2.18. The normalized spacial score (nSPS) is 12.5. The molecule has 0 radical (unpaired) electrons. The van der Waals surface area contributed by atoms with Gasteiger partial charge < -0.3 is 9.84 Å². The van der Waals surface area contributed by atoms with E-state index in [0.717, 1.165) is 5.69 Å². The summed E-state index contributed by atoms with van der Waals surface area (Å²) in [6.45, 7) is 10.0. The third-order valence-corrected chi connectivity index (χ3v) is 5.70.